The largest absolute Gasteiger partial charge is 0.481 e. The van der Waals surface area contributed by atoms with Crippen molar-refractivity contribution in [1.29, 1.82) is 0 Å². The van der Waals surface area contributed by atoms with Gasteiger partial charge in [-0.05, 0) is 32.6 Å². The van der Waals surface area contributed by atoms with Gasteiger partial charge in [0.15, 0.2) is 0 Å². The summed E-state index contributed by atoms with van der Waals surface area (Å²) >= 11 is 0. The van der Waals surface area contributed by atoms with E-state index in [4.69, 9.17) is 0 Å². The zero-order valence-corrected chi connectivity index (χ0v) is 13.7. The first-order valence-corrected chi connectivity index (χ1v) is 8.24. The number of rotatable bonds is 8. The molecule has 0 radical (unpaired) electrons. The van der Waals surface area contributed by atoms with Crippen molar-refractivity contribution in [3.8, 4) is 0 Å². The predicted molar refractivity (Wildman–Crippen MR) is 83.3 cm³/mol. The number of hydrogen-bond donors (Lipinski definition) is 2. The topological polar surface area (TPSA) is 69.6 Å². The highest BCUT2D eigenvalue weighted by atomic mass is 16.4. The SMILES string of the molecule is CCCCN(CCCC)C(=O)NC1CCCC1(C)C(=O)O. The number of urea groups is 1. The smallest absolute Gasteiger partial charge is 0.317 e. The van der Waals surface area contributed by atoms with Crippen LogP contribution in [0.5, 0.6) is 0 Å². The lowest BCUT2D eigenvalue weighted by Gasteiger charge is -2.31. The minimum Gasteiger partial charge on any atom is -0.481 e. The lowest BCUT2D eigenvalue weighted by Crippen LogP contribution is -2.51. The second-order valence-electron chi connectivity index (χ2n) is 6.31. The monoisotopic (exact) mass is 298 g/mol. The number of carboxylic acids is 1. The first-order valence-electron chi connectivity index (χ1n) is 8.24. The molecule has 1 aliphatic rings. The van der Waals surface area contributed by atoms with Gasteiger partial charge in [-0.25, -0.2) is 4.79 Å². The van der Waals surface area contributed by atoms with Gasteiger partial charge in [0.25, 0.3) is 0 Å². The Kier molecular flexibility index (Phi) is 6.99. The second-order valence-corrected chi connectivity index (χ2v) is 6.31. The molecular formula is C16H30N2O3. The van der Waals surface area contributed by atoms with Crippen LogP contribution < -0.4 is 5.32 Å². The van der Waals surface area contributed by atoms with Crippen molar-refractivity contribution in [2.24, 2.45) is 5.41 Å². The van der Waals surface area contributed by atoms with E-state index in [1.807, 2.05) is 4.90 Å². The number of nitrogens with one attached hydrogen (secondary N) is 1. The van der Waals surface area contributed by atoms with E-state index in [2.05, 4.69) is 19.2 Å². The molecule has 0 heterocycles. The van der Waals surface area contributed by atoms with Crippen LogP contribution in [0, 0.1) is 5.41 Å². The molecule has 1 aliphatic carbocycles. The van der Waals surface area contributed by atoms with Gasteiger partial charge in [0.05, 0.1) is 5.41 Å². The summed E-state index contributed by atoms with van der Waals surface area (Å²) in [5.41, 5.74) is -0.823. The molecule has 0 aromatic carbocycles. The van der Waals surface area contributed by atoms with Crippen LogP contribution in [0.4, 0.5) is 4.79 Å². The molecular weight excluding hydrogens is 268 g/mol. The Labute approximate surface area is 128 Å². The Morgan fingerprint density at radius 1 is 1.24 bits per heavy atom. The molecule has 0 aromatic heterocycles. The first kappa shape index (κ1) is 17.8. The number of nitrogens with zero attached hydrogens (tertiary/aromatic N) is 1. The van der Waals surface area contributed by atoms with Crippen molar-refractivity contribution in [3.05, 3.63) is 0 Å². The van der Waals surface area contributed by atoms with Gasteiger partial charge in [0.1, 0.15) is 0 Å². The van der Waals surface area contributed by atoms with Crippen LogP contribution in [0.25, 0.3) is 0 Å². The van der Waals surface area contributed by atoms with E-state index in [9.17, 15) is 14.7 Å². The molecule has 1 saturated carbocycles. The maximum atomic E-state index is 12.4. The zero-order valence-electron chi connectivity index (χ0n) is 13.7. The molecule has 0 bridgehead atoms. The molecule has 122 valence electrons. The Morgan fingerprint density at radius 2 is 1.81 bits per heavy atom. The first-order chi connectivity index (χ1) is 9.95. The third-order valence-electron chi connectivity index (χ3n) is 4.59. The molecule has 5 heteroatoms. The van der Waals surface area contributed by atoms with Gasteiger partial charge >= 0.3 is 12.0 Å². The van der Waals surface area contributed by atoms with E-state index in [0.717, 1.165) is 51.6 Å². The molecule has 0 aliphatic heterocycles. The van der Waals surface area contributed by atoms with Crippen LogP contribution in [0.3, 0.4) is 0 Å². The molecule has 0 saturated heterocycles. The van der Waals surface area contributed by atoms with Crippen LogP contribution in [0.2, 0.25) is 0 Å². The van der Waals surface area contributed by atoms with Gasteiger partial charge in [0, 0.05) is 19.1 Å². The summed E-state index contributed by atoms with van der Waals surface area (Å²) in [6.45, 7) is 7.45. The molecule has 21 heavy (non-hydrogen) atoms. The van der Waals surface area contributed by atoms with E-state index in [1.54, 1.807) is 6.92 Å². The summed E-state index contributed by atoms with van der Waals surface area (Å²) in [6, 6.07) is -0.357. The second kappa shape index (κ2) is 8.25. The van der Waals surface area contributed by atoms with Crippen molar-refractivity contribution in [1.82, 2.24) is 10.2 Å². The third kappa shape index (κ3) is 4.61. The van der Waals surface area contributed by atoms with Gasteiger partial charge in [0.2, 0.25) is 0 Å². The molecule has 2 atom stereocenters. The quantitative estimate of drug-likeness (QED) is 0.722. The highest BCUT2D eigenvalue weighted by Crippen LogP contribution is 2.38. The van der Waals surface area contributed by atoms with Crippen molar-refractivity contribution >= 4 is 12.0 Å². The van der Waals surface area contributed by atoms with E-state index in [1.165, 1.54) is 0 Å². The van der Waals surface area contributed by atoms with Crippen LogP contribution >= 0.6 is 0 Å². The van der Waals surface area contributed by atoms with Crippen molar-refractivity contribution in [2.75, 3.05) is 13.1 Å². The van der Waals surface area contributed by atoms with Gasteiger partial charge < -0.3 is 15.3 Å². The molecule has 5 nitrogen and oxygen atoms in total. The number of carbonyl (C=O) groups excluding carboxylic acids is 1. The van der Waals surface area contributed by atoms with Gasteiger partial charge in [-0.1, -0.05) is 33.1 Å². The minimum atomic E-state index is -0.823. The van der Waals surface area contributed by atoms with Crippen molar-refractivity contribution in [3.63, 3.8) is 0 Å². The summed E-state index contributed by atoms with van der Waals surface area (Å²) in [6.07, 6.45) is 6.31. The Bertz CT molecular complexity index is 351. The standard InChI is InChI=1S/C16H30N2O3/c1-4-6-11-18(12-7-5-2)15(21)17-13-9-8-10-16(13,3)14(19)20/h13H,4-12H2,1-3H3,(H,17,21)(H,19,20). The molecule has 2 amide bonds. The van der Waals surface area contributed by atoms with Crippen molar-refractivity contribution < 1.29 is 14.7 Å². The highest BCUT2D eigenvalue weighted by Gasteiger charge is 2.46. The van der Waals surface area contributed by atoms with E-state index in [0.29, 0.717) is 6.42 Å². The van der Waals surface area contributed by atoms with E-state index < -0.39 is 11.4 Å². The maximum absolute atomic E-state index is 12.4. The number of unbranched alkanes of at least 4 members (excludes halogenated alkanes) is 2. The molecule has 1 fully saturated rings. The van der Waals surface area contributed by atoms with Crippen molar-refractivity contribution in [2.45, 2.75) is 71.8 Å². The number of hydrogen-bond acceptors (Lipinski definition) is 2. The van der Waals surface area contributed by atoms with E-state index in [-0.39, 0.29) is 12.1 Å². The zero-order chi connectivity index (χ0) is 15.9. The minimum absolute atomic E-state index is 0.101. The Balaban J connectivity index is 2.64. The van der Waals surface area contributed by atoms with Crippen LogP contribution in [-0.2, 0) is 4.79 Å². The lowest BCUT2D eigenvalue weighted by atomic mass is 9.85. The lowest BCUT2D eigenvalue weighted by molar-refractivity contribution is -0.148. The molecule has 0 aromatic rings. The number of carboxylic acid groups (broad SMARTS) is 1. The fourth-order valence-electron chi connectivity index (χ4n) is 2.91. The normalized spacial score (nSPS) is 24.8. The fraction of sp³-hybridized carbons (Fsp3) is 0.875. The molecule has 2 N–H and O–H groups in total. The number of carbonyl (C=O) groups is 2. The number of aliphatic carboxylic acids is 1. The summed E-state index contributed by atoms with van der Waals surface area (Å²) in [5.74, 6) is -0.807. The third-order valence-corrected chi connectivity index (χ3v) is 4.59. The van der Waals surface area contributed by atoms with Gasteiger partial charge in [-0.15, -0.1) is 0 Å². The Morgan fingerprint density at radius 3 is 2.29 bits per heavy atom. The summed E-state index contributed by atoms with van der Waals surface area (Å²) in [7, 11) is 0. The van der Waals surface area contributed by atoms with Crippen LogP contribution in [-0.4, -0.2) is 41.1 Å². The number of amides is 2. The Hall–Kier alpha value is -1.26. The van der Waals surface area contributed by atoms with E-state index >= 15 is 0 Å². The fourth-order valence-corrected chi connectivity index (χ4v) is 2.91. The molecule has 2 unspecified atom stereocenters. The predicted octanol–water partition coefficient (Wildman–Crippen LogP) is 3.24. The average molecular weight is 298 g/mol. The van der Waals surface area contributed by atoms with Gasteiger partial charge in [-0.3, -0.25) is 4.79 Å². The molecule has 1 rings (SSSR count). The van der Waals surface area contributed by atoms with Gasteiger partial charge in [-0.2, -0.15) is 0 Å². The van der Waals surface area contributed by atoms with Crippen LogP contribution in [0.15, 0.2) is 0 Å². The summed E-state index contributed by atoms with van der Waals surface area (Å²) < 4.78 is 0. The maximum Gasteiger partial charge on any atom is 0.317 e. The van der Waals surface area contributed by atoms with Crippen LogP contribution in [0.1, 0.15) is 65.7 Å². The average Bonchev–Trinajstić information content (AvgIpc) is 2.81. The highest BCUT2D eigenvalue weighted by molar-refractivity contribution is 5.79. The molecule has 0 spiro atoms. The summed E-state index contributed by atoms with van der Waals surface area (Å²) in [5, 5.41) is 12.4. The summed E-state index contributed by atoms with van der Waals surface area (Å²) in [4.78, 5) is 25.7.